The largest absolute Gasteiger partial charge is 0.444 e. The average Bonchev–Trinajstić information content (AvgIpc) is 2.88. The van der Waals surface area contributed by atoms with Crippen LogP contribution in [0.1, 0.15) is 79.2 Å². The van der Waals surface area contributed by atoms with Crippen molar-refractivity contribution in [1.29, 1.82) is 0 Å². The summed E-state index contributed by atoms with van der Waals surface area (Å²) in [5.74, 6) is -0.849. The van der Waals surface area contributed by atoms with Crippen LogP contribution in [0, 0.1) is 12.3 Å². The molecule has 0 radical (unpaired) electrons. The lowest BCUT2D eigenvalue weighted by Crippen LogP contribution is -2.59. The Balaban J connectivity index is 2.19. The van der Waals surface area contributed by atoms with Gasteiger partial charge in [0.1, 0.15) is 11.6 Å². The molecule has 3 rings (SSSR count). The SMILES string of the molecule is Cc1ccc2c(c1)N(C(C(=O)I)C(=O)C(C)(C)C)C(=O)C(NC(=O)OC(C)(C)C)CN2C1CCCCC1. The van der Waals surface area contributed by atoms with Crippen LogP contribution in [0.2, 0.25) is 0 Å². The monoisotopic (exact) mass is 625 g/mol. The van der Waals surface area contributed by atoms with E-state index in [1.54, 1.807) is 64.1 Å². The van der Waals surface area contributed by atoms with Crippen LogP contribution in [0.5, 0.6) is 0 Å². The second-order valence-corrected chi connectivity index (χ2v) is 13.2. The quantitative estimate of drug-likeness (QED) is 0.271. The fourth-order valence-electron chi connectivity index (χ4n) is 5.02. The Labute approximate surface area is 234 Å². The molecule has 204 valence electrons. The van der Waals surface area contributed by atoms with Gasteiger partial charge in [0.05, 0.1) is 11.4 Å². The third-order valence-corrected chi connectivity index (χ3v) is 7.37. The molecule has 0 saturated heterocycles. The molecule has 0 bridgehead atoms. The highest BCUT2D eigenvalue weighted by Crippen LogP contribution is 2.40. The molecule has 1 heterocycles. The summed E-state index contributed by atoms with van der Waals surface area (Å²) in [5.41, 5.74) is 0.616. The first-order chi connectivity index (χ1) is 17.1. The van der Waals surface area contributed by atoms with Crippen molar-refractivity contribution in [2.75, 3.05) is 16.3 Å². The highest BCUT2D eigenvalue weighted by Gasteiger charge is 2.46. The van der Waals surface area contributed by atoms with Crippen molar-refractivity contribution in [3.63, 3.8) is 0 Å². The number of alkyl carbamates (subject to hydrolysis) is 1. The van der Waals surface area contributed by atoms with E-state index in [0.717, 1.165) is 36.9 Å². The van der Waals surface area contributed by atoms with Crippen molar-refractivity contribution < 1.29 is 23.9 Å². The molecule has 8 nitrogen and oxygen atoms in total. The molecule has 2 amide bonds. The molecular formula is C28H40IN3O5. The number of rotatable bonds is 5. The van der Waals surface area contributed by atoms with Crippen LogP contribution in [0.25, 0.3) is 0 Å². The Hall–Kier alpha value is -2.17. The number of carbonyl (C=O) groups is 4. The molecule has 1 aliphatic heterocycles. The molecule has 9 heteroatoms. The molecule has 37 heavy (non-hydrogen) atoms. The number of ketones is 1. The van der Waals surface area contributed by atoms with E-state index in [4.69, 9.17) is 4.74 Å². The van der Waals surface area contributed by atoms with Gasteiger partial charge in [-0.3, -0.25) is 19.3 Å². The Kier molecular flexibility index (Phi) is 8.97. The van der Waals surface area contributed by atoms with Crippen LogP contribution >= 0.6 is 22.6 Å². The molecule has 0 spiro atoms. The Morgan fingerprint density at radius 2 is 1.65 bits per heavy atom. The van der Waals surface area contributed by atoms with Crippen LogP contribution < -0.4 is 15.1 Å². The number of anilines is 2. The van der Waals surface area contributed by atoms with E-state index in [1.807, 2.05) is 25.1 Å². The molecule has 1 saturated carbocycles. The van der Waals surface area contributed by atoms with E-state index in [2.05, 4.69) is 10.2 Å². The average molecular weight is 626 g/mol. The van der Waals surface area contributed by atoms with Crippen LogP contribution in [-0.4, -0.2) is 51.8 Å². The van der Waals surface area contributed by atoms with E-state index >= 15 is 0 Å². The van der Waals surface area contributed by atoms with E-state index in [9.17, 15) is 19.2 Å². The Morgan fingerprint density at radius 1 is 1.03 bits per heavy atom. The summed E-state index contributed by atoms with van der Waals surface area (Å²) in [4.78, 5) is 57.2. The number of amides is 2. The zero-order valence-corrected chi connectivity index (χ0v) is 25.2. The Bertz CT molecular complexity index is 1050. The number of hydrogen-bond acceptors (Lipinski definition) is 6. The number of nitrogens with zero attached hydrogens (tertiary/aromatic N) is 2. The Morgan fingerprint density at radius 3 is 2.19 bits per heavy atom. The van der Waals surface area contributed by atoms with Crippen molar-refractivity contribution in [3.05, 3.63) is 23.8 Å². The molecule has 1 fully saturated rings. The third-order valence-electron chi connectivity index (χ3n) is 6.78. The minimum absolute atomic E-state index is 0.179. The number of halogens is 1. The fourth-order valence-corrected chi connectivity index (χ4v) is 5.58. The van der Waals surface area contributed by atoms with Gasteiger partial charge in [-0.25, -0.2) is 4.79 Å². The van der Waals surface area contributed by atoms with Crippen molar-refractivity contribution in [3.8, 4) is 0 Å². The lowest BCUT2D eigenvalue weighted by atomic mass is 9.86. The molecule has 2 atom stereocenters. The summed E-state index contributed by atoms with van der Waals surface area (Å²) in [6.07, 6.45) is 4.56. The molecule has 2 unspecified atom stereocenters. The van der Waals surface area contributed by atoms with Gasteiger partial charge >= 0.3 is 6.09 Å². The van der Waals surface area contributed by atoms with Gasteiger partial charge in [0.15, 0.2) is 11.8 Å². The fraction of sp³-hybridized carbons (Fsp3) is 0.643. The first-order valence-electron chi connectivity index (χ1n) is 13.0. The third kappa shape index (κ3) is 7.03. The molecule has 1 aliphatic carbocycles. The maximum Gasteiger partial charge on any atom is 0.408 e. The van der Waals surface area contributed by atoms with Crippen LogP contribution in [0.15, 0.2) is 18.2 Å². The molecule has 0 aromatic heterocycles. The van der Waals surface area contributed by atoms with Gasteiger partial charge < -0.3 is 15.0 Å². The first-order valence-corrected chi connectivity index (χ1v) is 14.1. The van der Waals surface area contributed by atoms with Gasteiger partial charge in [-0.05, 0) is 58.2 Å². The number of aryl methyl sites for hydroxylation is 1. The van der Waals surface area contributed by atoms with Crippen molar-refractivity contribution in [1.82, 2.24) is 5.32 Å². The minimum Gasteiger partial charge on any atom is -0.444 e. The normalized spacial score (nSPS) is 20.1. The molecule has 1 aromatic rings. The van der Waals surface area contributed by atoms with E-state index in [1.165, 1.54) is 11.3 Å². The number of fused-ring (bicyclic) bond motifs is 1. The summed E-state index contributed by atoms with van der Waals surface area (Å²) < 4.78 is 5.03. The number of nitrogens with one attached hydrogen (secondary N) is 1. The summed E-state index contributed by atoms with van der Waals surface area (Å²) in [6.45, 7) is 12.6. The summed E-state index contributed by atoms with van der Waals surface area (Å²) in [6, 6.07) is 3.66. The maximum atomic E-state index is 14.2. The van der Waals surface area contributed by atoms with E-state index in [0.29, 0.717) is 5.69 Å². The van der Waals surface area contributed by atoms with Gasteiger partial charge in [0.2, 0.25) is 3.79 Å². The van der Waals surface area contributed by atoms with Gasteiger partial charge in [0, 0.05) is 40.6 Å². The predicted octanol–water partition coefficient (Wildman–Crippen LogP) is 5.32. The summed E-state index contributed by atoms with van der Waals surface area (Å²) in [7, 11) is 0. The number of ether oxygens (including phenoxy) is 1. The standard InChI is InChI=1S/C28H40IN3O5/c1-17-13-14-20-21(15-17)32(22(24(29)34)23(33)27(2,3)4)25(35)19(30-26(36)37-28(5,6)7)16-31(20)18-11-9-8-10-12-18/h13-15,18-19,22H,8-12,16H2,1-7H3,(H,30,36). The first kappa shape index (κ1) is 29.4. The predicted molar refractivity (Wildman–Crippen MR) is 153 cm³/mol. The van der Waals surface area contributed by atoms with Crippen LogP contribution in [-0.2, 0) is 19.1 Å². The van der Waals surface area contributed by atoms with Gasteiger partial charge in [-0.15, -0.1) is 0 Å². The minimum atomic E-state index is -1.32. The van der Waals surface area contributed by atoms with Crippen molar-refractivity contribution >= 4 is 55.5 Å². The number of Topliss-reactive ketones (excluding diaryl/α,β-unsaturated/α-hetero) is 1. The maximum absolute atomic E-state index is 14.2. The molecule has 1 N–H and O–H groups in total. The lowest BCUT2D eigenvalue weighted by Gasteiger charge is -2.37. The second kappa shape index (κ2) is 11.3. The molecule has 1 aromatic carbocycles. The number of hydrogen-bond donors (Lipinski definition) is 1. The van der Waals surface area contributed by atoms with Crippen molar-refractivity contribution in [2.45, 2.75) is 104 Å². The number of benzene rings is 1. The summed E-state index contributed by atoms with van der Waals surface area (Å²) in [5, 5.41) is 2.77. The van der Waals surface area contributed by atoms with Crippen LogP contribution in [0.4, 0.5) is 16.2 Å². The second-order valence-electron chi connectivity index (χ2n) is 12.2. The molecular weight excluding hydrogens is 585 g/mol. The topological polar surface area (TPSA) is 96.0 Å². The van der Waals surface area contributed by atoms with E-state index in [-0.39, 0.29) is 18.4 Å². The van der Waals surface area contributed by atoms with Gasteiger partial charge in [-0.1, -0.05) is 46.1 Å². The highest BCUT2D eigenvalue weighted by atomic mass is 127. The van der Waals surface area contributed by atoms with Gasteiger partial charge in [-0.2, -0.15) is 0 Å². The smallest absolute Gasteiger partial charge is 0.408 e. The summed E-state index contributed by atoms with van der Waals surface area (Å²) >= 11 is 1.61. The van der Waals surface area contributed by atoms with Crippen LogP contribution in [0.3, 0.4) is 0 Å². The zero-order chi connectivity index (χ0) is 27.7. The van der Waals surface area contributed by atoms with Gasteiger partial charge in [0.25, 0.3) is 5.91 Å². The highest BCUT2D eigenvalue weighted by molar-refractivity contribution is 14.1. The van der Waals surface area contributed by atoms with Crippen molar-refractivity contribution in [2.24, 2.45) is 5.41 Å². The zero-order valence-electron chi connectivity index (χ0n) is 23.0. The molecule has 2 aliphatic rings. The number of carbonyl (C=O) groups excluding carboxylic acids is 4. The lowest BCUT2D eigenvalue weighted by molar-refractivity contribution is -0.133. The van der Waals surface area contributed by atoms with E-state index < -0.39 is 38.9 Å².